The van der Waals surface area contributed by atoms with E-state index in [0.29, 0.717) is 11.6 Å². The summed E-state index contributed by atoms with van der Waals surface area (Å²) in [5.41, 5.74) is 0.771. The van der Waals surface area contributed by atoms with Crippen molar-refractivity contribution in [2.75, 3.05) is 39.0 Å². The van der Waals surface area contributed by atoms with Crippen LogP contribution in [0, 0.1) is 0 Å². The molecule has 0 aromatic heterocycles. The third-order valence-corrected chi connectivity index (χ3v) is 2.76. The summed E-state index contributed by atoms with van der Waals surface area (Å²) in [7, 11) is 3.87. The highest BCUT2D eigenvalue weighted by Crippen LogP contribution is 2.13. The van der Waals surface area contributed by atoms with Crippen LogP contribution in [0.1, 0.15) is 6.42 Å². The molecule has 0 unspecified atom stereocenters. The predicted molar refractivity (Wildman–Crippen MR) is 76.1 cm³/mol. The Labute approximate surface area is 113 Å². The second-order valence-electron chi connectivity index (χ2n) is 4.25. The smallest absolute Gasteiger partial charge is 0.238 e. The van der Waals surface area contributed by atoms with Crippen molar-refractivity contribution in [2.45, 2.75) is 6.42 Å². The molecule has 0 aliphatic rings. The van der Waals surface area contributed by atoms with Crippen molar-refractivity contribution in [3.05, 3.63) is 29.3 Å². The molecule has 0 aliphatic heterocycles. The Morgan fingerprint density at radius 2 is 2.00 bits per heavy atom. The van der Waals surface area contributed by atoms with Crippen LogP contribution < -0.4 is 10.6 Å². The zero-order valence-corrected chi connectivity index (χ0v) is 11.6. The van der Waals surface area contributed by atoms with Gasteiger partial charge in [-0.25, -0.2) is 0 Å². The monoisotopic (exact) mass is 269 g/mol. The molecule has 0 bridgehead atoms. The number of rotatable bonds is 7. The first-order chi connectivity index (χ1) is 8.61. The molecule has 0 fully saturated rings. The zero-order valence-electron chi connectivity index (χ0n) is 10.9. The van der Waals surface area contributed by atoms with E-state index in [4.69, 9.17) is 11.6 Å². The van der Waals surface area contributed by atoms with Crippen LogP contribution >= 0.6 is 11.6 Å². The first-order valence-corrected chi connectivity index (χ1v) is 6.38. The highest BCUT2D eigenvalue weighted by Gasteiger charge is 2.06. The standard InChI is InChI=1S/C13H20ClN3O/c1-15-8-3-9-17(2)10-13(18)16-12-6-4-11(14)5-7-12/h4-7,15H,3,8-10H2,1-2H3,(H,16,18). The minimum absolute atomic E-state index is 0.00993. The van der Waals surface area contributed by atoms with Crippen molar-refractivity contribution in [1.29, 1.82) is 0 Å². The third-order valence-electron chi connectivity index (χ3n) is 2.51. The molecule has 0 saturated heterocycles. The van der Waals surface area contributed by atoms with Gasteiger partial charge in [0.1, 0.15) is 0 Å². The minimum atomic E-state index is -0.00993. The quantitative estimate of drug-likeness (QED) is 0.742. The van der Waals surface area contributed by atoms with Gasteiger partial charge in [-0.1, -0.05) is 11.6 Å². The van der Waals surface area contributed by atoms with Gasteiger partial charge in [0, 0.05) is 10.7 Å². The summed E-state index contributed by atoms with van der Waals surface area (Å²) in [5.74, 6) is -0.00993. The van der Waals surface area contributed by atoms with E-state index in [9.17, 15) is 4.79 Å². The van der Waals surface area contributed by atoms with Gasteiger partial charge in [-0.3, -0.25) is 9.69 Å². The average Bonchev–Trinajstić information content (AvgIpc) is 2.32. The van der Waals surface area contributed by atoms with Gasteiger partial charge in [0.05, 0.1) is 6.54 Å². The van der Waals surface area contributed by atoms with Crippen LogP contribution in [-0.2, 0) is 4.79 Å². The summed E-state index contributed by atoms with van der Waals surface area (Å²) in [6, 6.07) is 7.10. The number of likely N-dealkylation sites (N-methyl/N-ethyl adjacent to an activating group) is 1. The van der Waals surface area contributed by atoms with Crippen molar-refractivity contribution in [2.24, 2.45) is 0 Å². The Morgan fingerprint density at radius 1 is 1.33 bits per heavy atom. The zero-order chi connectivity index (χ0) is 13.4. The van der Waals surface area contributed by atoms with E-state index in [1.807, 2.05) is 19.0 Å². The Kier molecular flexibility index (Phi) is 6.72. The number of hydrogen-bond donors (Lipinski definition) is 2. The van der Waals surface area contributed by atoms with E-state index < -0.39 is 0 Å². The highest BCUT2D eigenvalue weighted by atomic mass is 35.5. The molecule has 1 aromatic rings. The summed E-state index contributed by atoms with van der Waals surface area (Å²) in [5, 5.41) is 6.58. The van der Waals surface area contributed by atoms with Crippen molar-refractivity contribution in [1.82, 2.24) is 10.2 Å². The summed E-state index contributed by atoms with van der Waals surface area (Å²) in [6.45, 7) is 2.25. The molecular weight excluding hydrogens is 250 g/mol. The summed E-state index contributed by atoms with van der Waals surface area (Å²) in [4.78, 5) is 13.7. The van der Waals surface area contributed by atoms with Crippen LogP contribution in [-0.4, -0.2) is 44.5 Å². The fourth-order valence-corrected chi connectivity index (χ4v) is 1.71. The van der Waals surface area contributed by atoms with Crippen molar-refractivity contribution in [3.63, 3.8) is 0 Å². The van der Waals surface area contributed by atoms with Crippen molar-refractivity contribution in [3.8, 4) is 0 Å². The van der Waals surface area contributed by atoms with Crippen LogP contribution in [0.2, 0.25) is 5.02 Å². The highest BCUT2D eigenvalue weighted by molar-refractivity contribution is 6.30. The molecule has 0 saturated carbocycles. The normalized spacial score (nSPS) is 10.7. The Morgan fingerprint density at radius 3 is 2.61 bits per heavy atom. The molecule has 0 aliphatic carbocycles. The van der Waals surface area contributed by atoms with Gasteiger partial charge in [0.25, 0.3) is 0 Å². The molecule has 1 amide bonds. The summed E-state index contributed by atoms with van der Waals surface area (Å²) < 4.78 is 0. The van der Waals surface area contributed by atoms with Gasteiger partial charge in [-0.05, 0) is 57.9 Å². The first kappa shape index (κ1) is 15.0. The van der Waals surface area contributed by atoms with E-state index in [1.54, 1.807) is 24.3 Å². The van der Waals surface area contributed by atoms with Crippen LogP contribution in [0.25, 0.3) is 0 Å². The van der Waals surface area contributed by atoms with E-state index in [0.717, 1.165) is 25.2 Å². The molecule has 18 heavy (non-hydrogen) atoms. The van der Waals surface area contributed by atoms with Gasteiger partial charge < -0.3 is 10.6 Å². The van der Waals surface area contributed by atoms with Crippen molar-refractivity contribution >= 4 is 23.2 Å². The lowest BCUT2D eigenvalue weighted by molar-refractivity contribution is -0.117. The van der Waals surface area contributed by atoms with Crippen LogP contribution in [0.15, 0.2) is 24.3 Å². The fourth-order valence-electron chi connectivity index (χ4n) is 1.58. The minimum Gasteiger partial charge on any atom is -0.325 e. The Balaban J connectivity index is 2.30. The molecule has 1 rings (SSSR count). The molecule has 100 valence electrons. The van der Waals surface area contributed by atoms with E-state index in [2.05, 4.69) is 10.6 Å². The number of carbonyl (C=O) groups is 1. The van der Waals surface area contributed by atoms with Crippen LogP contribution in [0.4, 0.5) is 5.69 Å². The van der Waals surface area contributed by atoms with Gasteiger partial charge >= 0.3 is 0 Å². The van der Waals surface area contributed by atoms with Gasteiger partial charge in [-0.2, -0.15) is 0 Å². The molecule has 5 heteroatoms. The second kappa shape index (κ2) is 8.08. The topological polar surface area (TPSA) is 44.4 Å². The first-order valence-electron chi connectivity index (χ1n) is 6.00. The van der Waals surface area contributed by atoms with Gasteiger partial charge in [0.2, 0.25) is 5.91 Å². The number of benzene rings is 1. The molecule has 4 nitrogen and oxygen atoms in total. The Hall–Kier alpha value is -1.10. The maximum atomic E-state index is 11.7. The molecule has 2 N–H and O–H groups in total. The van der Waals surface area contributed by atoms with Crippen molar-refractivity contribution < 1.29 is 4.79 Å². The van der Waals surface area contributed by atoms with Gasteiger partial charge in [-0.15, -0.1) is 0 Å². The van der Waals surface area contributed by atoms with Crippen LogP contribution in [0.5, 0.6) is 0 Å². The van der Waals surface area contributed by atoms with Gasteiger partial charge in [0.15, 0.2) is 0 Å². The molecule has 0 heterocycles. The predicted octanol–water partition coefficient (Wildman–Crippen LogP) is 1.82. The van der Waals surface area contributed by atoms with E-state index >= 15 is 0 Å². The van der Waals surface area contributed by atoms with E-state index in [1.165, 1.54) is 0 Å². The molecule has 1 aromatic carbocycles. The molecule has 0 radical (unpaired) electrons. The molecular formula is C13H20ClN3O. The number of anilines is 1. The second-order valence-corrected chi connectivity index (χ2v) is 4.69. The third kappa shape index (κ3) is 6.00. The lowest BCUT2D eigenvalue weighted by atomic mass is 10.3. The number of carbonyl (C=O) groups excluding carboxylic acids is 1. The fraction of sp³-hybridized carbons (Fsp3) is 0.462. The number of halogens is 1. The average molecular weight is 270 g/mol. The largest absolute Gasteiger partial charge is 0.325 e. The summed E-state index contributed by atoms with van der Waals surface area (Å²) >= 11 is 5.78. The lowest BCUT2D eigenvalue weighted by Gasteiger charge is -2.16. The number of nitrogens with zero attached hydrogens (tertiary/aromatic N) is 1. The number of nitrogens with one attached hydrogen (secondary N) is 2. The lowest BCUT2D eigenvalue weighted by Crippen LogP contribution is -2.31. The molecule has 0 atom stereocenters. The summed E-state index contributed by atoms with van der Waals surface area (Å²) in [6.07, 6.45) is 1.03. The van der Waals surface area contributed by atoms with E-state index in [-0.39, 0.29) is 5.91 Å². The maximum Gasteiger partial charge on any atom is 0.238 e. The Bertz CT molecular complexity index is 367. The van der Waals surface area contributed by atoms with Crippen LogP contribution in [0.3, 0.4) is 0 Å². The maximum absolute atomic E-state index is 11.7. The number of amides is 1. The number of hydrogen-bond acceptors (Lipinski definition) is 3. The molecule has 0 spiro atoms. The SMILES string of the molecule is CNCCCN(C)CC(=O)Nc1ccc(Cl)cc1.